The van der Waals surface area contributed by atoms with Gasteiger partial charge in [0.05, 0.1) is 11.3 Å². The number of nitrogens with zero attached hydrogens (tertiary/aromatic N) is 4. The van der Waals surface area contributed by atoms with Crippen LogP contribution in [-0.4, -0.2) is 71.0 Å². The van der Waals surface area contributed by atoms with Gasteiger partial charge in [-0.3, -0.25) is 9.58 Å². The van der Waals surface area contributed by atoms with Gasteiger partial charge in [0.25, 0.3) is 0 Å². The van der Waals surface area contributed by atoms with Gasteiger partial charge < -0.3 is 15.0 Å². The summed E-state index contributed by atoms with van der Waals surface area (Å²) in [5.41, 5.74) is 2.35. The predicted octanol–water partition coefficient (Wildman–Crippen LogP) is 1.51. The number of amides is 2. The summed E-state index contributed by atoms with van der Waals surface area (Å²) in [6.07, 6.45) is 6.00. The molecule has 2 amide bonds. The van der Waals surface area contributed by atoms with Crippen LogP contribution in [0.1, 0.15) is 36.9 Å². The number of aryl methyl sites for hydroxylation is 2. The van der Waals surface area contributed by atoms with Gasteiger partial charge in [0.2, 0.25) is 0 Å². The molecule has 1 spiro atoms. The van der Waals surface area contributed by atoms with Gasteiger partial charge in [0, 0.05) is 65.2 Å². The summed E-state index contributed by atoms with van der Waals surface area (Å²) in [6, 6.07) is 0.210. The average molecular weight is 349 g/mol. The van der Waals surface area contributed by atoms with E-state index in [4.69, 9.17) is 4.74 Å². The number of likely N-dealkylation sites (tertiary alicyclic amines) is 1. The number of hydrogen-bond donors (Lipinski definition) is 1. The van der Waals surface area contributed by atoms with Crippen LogP contribution in [0.15, 0.2) is 6.20 Å². The molecule has 0 aliphatic carbocycles. The zero-order valence-electron chi connectivity index (χ0n) is 15.9. The minimum absolute atomic E-state index is 0.00783. The lowest BCUT2D eigenvalue weighted by molar-refractivity contribution is -0.119. The lowest BCUT2D eigenvalue weighted by Crippen LogP contribution is -2.54. The van der Waals surface area contributed by atoms with Crippen molar-refractivity contribution < 1.29 is 9.53 Å². The zero-order chi connectivity index (χ0) is 18.0. The van der Waals surface area contributed by atoms with Crippen LogP contribution < -0.4 is 5.32 Å². The summed E-state index contributed by atoms with van der Waals surface area (Å²) in [4.78, 5) is 16.0. The Bertz CT molecular complexity index is 605. The Morgan fingerprint density at radius 2 is 2.16 bits per heavy atom. The molecule has 0 radical (unpaired) electrons. The lowest BCUT2D eigenvalue weighted by Gasteiger charge is -2.46. The number of nitrogens with one attached hydrogen (secondary N) is 1. The van der Waals surface area contributed by atoms with Crippen LogP contribution in [0.3, 0.4) is 0 Å². The quantitative estimate of drug-likeness (QED) is 0.899. The Labute approximate surface area is 150 Å². The normalized spacial score (nSPS) is 23.6. The minimum atomic E-state index is -0.0665. The van der Waals surface area contributed by atoms with Crippen LogP contribution in [0.4, 0.5) is 4.79 Å². The Balaban J connectivity index is 1.53. The molecule has 1 atom stereocenters. The van der Waals surface area contributed by atoms with Crippen molar-refractivity contribution >= 4 is 6.03 Å². The molecule has 140 valence electrons. The number of urea groups is 1. The summed E-state index contributed by atoms with van der Waals surface area (Å²) in [7, 11) is 5.53. The smallest absolute Gasteiger partial charge is 0.317 e. The van der Waals surface area contributed by atoms with Gasteiger partial charge in [-0.05, 0) is 32.6 Å². The first-order chi connectivity index (χ1) is 11.9. The number of rotatable bonds is 3. The van der Waals surface area contributed by atoms with Gasteiger partial charge in [-0.2, -0.15) is 5.10 Å². The molecule has 3 heterocycles. The van der Waals surface area contributed by atoms with E-state index < -0.39 is 0 Å². The molecule has 0 saturated carbocycles. The highest BCUT2D eigenvalue weighted by Crippen LogP contribution is 2.35. The molecular weight excluding hydrogens is 318 g/mol. The van der Waals surface area contributed by atoms with Gasteiger partial charge in [0.1, 0.15) is 0 Å². The minimum Gasteiger partial charge on any atom is -0.375 e. The molecule has 0 aromatic carbocycles. The van der Waals surface area contributed by atoms with Crippen molar-refractivity contribution in [1.82, 2.24) is 24.9 Å². The fourth-order valence-electron chi connectivity index (χ4n) is 3.97. The Kier molecular flexibility index (Phi) is 5.34. The largest absolute Gasteiger partial charge is 0.375 e. The molecule has 2 fully saturated rings. The zero-order valence-corrected chi connectivity index (χ0v) is 15.9. The van der Waals surface area contributed by atoms with Crippen LogP contribution in [-0.2, 0) is 18.3 Å². The first-order valence-electron chi connectivity index (χ1n) is 9.20. The van der Waals surface area contributed by atoms with E-state index in [0.29, 0.717) is 0 Å². The van der Waals surface area contributed by atoms with Crippen molar-refractivity contribution in [2.45, 2.75) is 50.8 Å². The highest BCUT2D eigenvalue weighted by Gasteiger charge is 2.40. The third kappa shape index (κ3) is 4.33. The summed E-state index contributed by atoms with van der Waals surface area (Å²) >= 11 is 0. The Morgan fingerprint density at radius 1 is 1.44 bits per heavy atom. The molecule has 3 rings (SSSR count). The summed E-state index contributed by atoms with van der Waals surface area (Å²) in [6.45, 7) is 5.82. The monoisotopic (exact) mass is 349 g/mol. The van der Waals surface area contributed by atoms with E-state index in [9.17, 15) is 4.79 Å². The van der Waals surface area contributed by atoms with Crippen molar-refractivity contribution in [3.8, 4) is 0 Å². The van der Waals surface area contributed by atoms with Crippen LogP contribution in [0.2, 0.25) is 0 Å². The maximum atomic E-state index is 11.9. The summed E-state index contributed by atoms with van der Waals surface area (Å²) < 4.78 is 8.08. The van der Waals surface area contributed by atoms with Crippen LogP contribution in [0.25, 0.3) is 0 Å². The highest BCUT2D eigenvalue weighted by atomic mass is 16.5. The molecule has 2 aliphatic rings. The Morgan fingerprint density at radius 3 is 2.76 bits per heavy atom. The third-order valence-electron chi connectivity index (χ3n) is 5.50. The number of carbonyl (C=O) groups is 1. The highest BCUT2D eigenvalue weighted by molar-refractivity contribution is 5.73. The summed E-state index contributed by atoms with van der Waals surface area (Å²) in [5.74, 6) is 0. The number of aromatic nitrogens is 2. The predicted molar refractivity (Wildman–Crippen MR) is 96.4 cm³/mol. The Hall–Kier alpha value is -1.60. The molecule has 1 aromatic rings. The third-order valence-corrected chi connectivity index (χ3v) is 5.50. The van der Waals surface area contributed by atoms with Crippen LogP contribution in [0, 0.1) is 6.92 Å². The van der Waals surface area contributed by atoms with Gasteiger partial charge in [0.15, 0.2) is 0 Å². The van der Waals surface area contributed by atoms with Crippen molar-refractivity contribution in [1.29, 1.82) is 0 Å². The van der Waals surface area contributed by atoms with E-state index in [0.717, 1.165) is 57.6 Å². The van der Waals surface area contributed by atoms with Crippen LogP contribution >= 0.6 is 0 Å². The fraction of sp³-hybridized carbons (Fsp3) is 0.778. The van der Waals surface area contributed by atoms with Gasteiger partial charge in [-0.1, -0.05) is 0 Å². The standard InChI is InChI=1S/C18H31N5O2/c1-14-15(12-22(4)20-14)13-23-8-6-18(7-9-23)11-16(5-10-25-18)19-17(24)21(2)3/h12,16H,5-11,13H2,1-4H3,(H,19,24). The maximum absolute atomic E-state index is 11.9. The molecular formula is C18H31N5O2. The van der Waals surface area contributed by atoms with E-state index in [-0.39, 0.29) is 17.7 Å². The number of hydrogen-bond acceptors (Lipinski definition) is 4. The molecule has 2 saturated heterocycles. The molecule has 1 aromatic heterocycles. The molecule has 1 unspecified atom stereocenters. The summed E-state index contributed by atoms with van der Waals surface area (Å²) in [5, 5.41) is 7.57. The van der Waals surface area contributed by atoms with Gasteiger partial charge in [-0.25, -0.2) is 4.79 Å². The second-order valence-corrected chi connectivity index (χ2v) is 7.75. The van der Waals surface area contributed by atoms with E-state index in [1.165, 1.54) is 5.56 Å². The van der Waals surface area contributed by atoms with Gasteiger partial charge in [-0.15, -0.1) is 0 Å². The topological polar surface area (TPSA) is 62.6 Å². The molecule has 7 nitrogen and oxygen atoms in total. The van der Waals surface area contributed by atoms with E-state index in [1.54, 1.807) is 19.0 Å². The van der Waals surface area contributed by atoms with Crippen molar-refractivity contribution in [3.63, 3.8) is 0 Å². The second-order valence-electron chi connectivity index (χ2n) is 7.75. The number of carbonyl (C=O) groups excluding carboxylic acids is 1. The van der Waals surface area contributed by atoms with Crippen molar-refractivity contribution in [2.75, 3.05) is 33.8 Å². The van der Waals surface area contributed by atoms with E-state index in [2.05, 4.69) is 28.4 Å². The van der Waals surface area contributed by atoms with E-state index >= 15 is 0 Å². The number of ether oxygens (including phenoxy) is 1. The lowest BCUT2D eigenvalue weighted by atomic mass is 9.82. The average Bonchev–Trinajstić information content (AvgIpc) is 2.87. The molecule has 7 heteroatoms. The second kappa shape index (κ2) is 7.33. The van der Waals surface area contributed by atoms with Gasteiger partial charge >= 0.3 is 6.03 Å². The first-order valence-corrected chi connectivity index (χ1v) is 9.20. The SMILES string of the molecule is Cc1nn(C)cc1CN1CCC2(CC1)CC(NC(=O)N(C)C)CCO2. The maximum Gasteiger partial charge on any atom is 0.317 e. The van der Waals surface area contributed by atoms with Crippen LogP contribution in [0.5, 0.6) is 0 Å². The molecule has 2 aliphatic heterocycles. The van der Waals surface area contributed by atoms with Crippen molar-refractivity contribution in [3.05, 3.63) is 17.5 Å². The molecule has 1 N–H and O–H groups in total. The molecule has 0 bridgehead atoms. The fourth-order valence-corrected chi connectivity index (χ4v) is 3.97. The van der Waals surface area contributed by atoms with Crippen molar-refractivity contribution in [2.24, 2.45) is 7.05 Å². The molecule has 25 heavy (non-hydrogen) atoms. The number of piperidine rings is 1. The first kappa shape index (κ1) is 18.2. The van der Waals surface area contributed by atoms with E-state index in [1.807, 2.05) is 11.7 Å².